The number of ether oxygens (including phenoxy) is 5. The lowest BCUT2D eigenvalue weighted by Gasteiger charge is -2.34. The summed E-state index contributed by atoms with van der Waals surface area (Å²) in [5.41, 5.74) is -2.40. The quantitative estimate of drug-likeness (QED) is 0.181. The highest BCUT2D eigenvalue weighted by molar-refractivity contribution is 5.79. The standard InChI is InChI=1S/C19H29FN2O10/c1-19(20)16(26)13(10-28-3)32-17(19)22(8-5-9-23)18(27)21(2)11-30-14(24)6-7-15(25)31-12-29-4/h5,8-9,13,16-17,26H,6-7,10-12H2,1-4H3/b8-5-/t13?,16-,17?,19-/m1/s1. The smallest absolute Gasteiger partial charge is 0.328 e. The van der Waals surface area contributed by atoms with E-state index in [0.29, 0.717) is 6.29 Å². The Hall–Kier alpha value is -2.61. The molecule has 0 aromatic rings. The zero-order valence-corrected chi connectivity index (χ0v) is 18.4. The van der Waals surface area contributed by atoms with E-state index < -0.39 is 48.8 Å². The van der Waals surface area contributed by atoms with Gasteiger partial charge in [0.15, 0.2) is 25.4 Å². The molecule has 0 spiro atoms. The van der Waals surface area contributed by atoms with Crippen LogP contribution in [0.2, 0.25) is 0 Å². The number of carbonyl (C=O) groups is 4. The van der Waals surface area contributed by atoms with E-state index in [2.05, 4.69) is 9.47 Å². The fourth-order valence-electron chi connectivity index (χ4n) is 2.78. The molecule has 4 atom stereocenters. The van der Waals surface area contributed by atoms with Crippen LogP contribution in [0.5, 0.6) is 0 Å². The Morgan fingerprint density at radius 1 is 1.16 bits per heavy atom. The normalized spacial score (nSPS) is 24.9. The number of allylic oxidation sites excluding steroid dienone is 1. The largest absolute Gasteiger partial charge is 0.444 e. The van der Waals surface area contributed by atoms with Crippen molar-refractivity contribution in [2.45, 2.75) is 43.9 Å². The summed E-state index contributed by atoms with van der Waals surface area (Å²) in [6, 6.07) is -0.880. The Bertz CT molecular complexity index is 687. The molecule has 182 valence electrons. The third-order valence-electron chi connectivity index (χ3n) is 4.46. The molecule has 1 saturated heterocycles. The van der Waals surface area contributed by atoms with Crippen LogP contribution in [-0.2, 0) is 38.1 Å². The first-order chi connectivity index (χ1) is 15.1. The Labute approximate surface area is 184 Å². The molecule has 0 aromatic heterocycles. The molecule has 1 rings (SSSR count). The van der Waals surface area contributed by atoms with Gasteiger partial charge in [0.05, 0.1) is 19.4 Å². The fourth-order valence-corrected chi connectivity index (χ4v) is 2.78. The van der Waals surface area contributed by atoms with Crippen LogP contribution in [0.1, 0.15) is 19.8 Å². The maximum Gasteiger partial charge on any atom is 0.328 e. The van der Waals surface area contributed by atoms with Gasteiger partial charge in [0.25, 0.3) is 0 Å². The van der Waals surface area contributed by atoms with Crippen LogP contribution >= 0.6 is 0 Å². The average Bonchev–Trinajstić information content (AvgIpc) is 2.98. The summed E-state index contributed by atoms with van der Waals surface area (Å²) in [4.78, 5) is 48.4. The van der Waals surface area contributed by atoms with E-state index in [1.54, 1.807) is 0 Å². The molecule has 0 bridgehead atoms. The third-order valence-corrected chi connectivity index (χ3v) is 4.46. The van der Waals surface area contributed by atoms with Crippen molar-refractivity contribution in [1.29, 1.82) is 0 Å². The topological polar surface area (TPSA) is 141 Å². The highest BCUT2D eigenvalue weighted by Crippen LogP contribution is 2.37. The van der Waals surface area contributed by atoms with Crippen molar-refractivity contribution in [3.8, 4) is 0 Å². The molecule has 1 aliphatic rings. The van der Waals surface area contributed by atoms with Gasteiger partial charge in [-0.15, -0.1) is 0 Å². The molecule has 13 heteroatoms. The van der Waals surface area contributed by atoms with Gasteiger partial charge >= 0.3 is 18.0 Å². The average molecular weight is 464 g/mol. The number of aldehydes is 1. The minimum absolute atomic E-state index is 0.128. The molecule has 2 amide bonds. The Balaban J connectivity index is 2.77. The zero-order valence-electron chi connectivity index (χ0n) is 18.4. The molecule has 1 fully saturated rings. The highest BCUT2D eigenvalue weighted by Gasteiger charge is 2.57. The Morgan fingerprint density at radius 2 is 1.78 bits per heavy atom. The van der Waals surface area contributed by atoms with Crippen LogP contribution in [0.15, 0.2) is 12.3 Å². The number of carbonyl (C=O) groups excluding carboxylic acids is 4. The number of amides is 2. The molecule has 1 aliphatic heterocycles. The van der Waals surface area contributed by atoms with Crippen molar-refractivity contribution < 1.29 is 52.4 Å². The molecule has 12 nitrogen and oxygen atoms in total. The number of halogens is 1. The maximum atomic E-state index is 15.2. The summed E-state index contributed by atoms with van der Waals surface area (Å²) in [7, 11) is 3.94. The zero-order chi connectivity index (χ0) is 24.3. The predicted octanol–water partition coefficient (Wildman–Crippen LogP) is -0.0588. The van der Waals surface area contributed by atoms with E-state index in [0.717, 1.165) is 29.0 Å². The monoisotopic (exact) mass is 464 g/mol. The fraction of sp³-hybridized carbons (Fsp3) is 0.684. The predicted molar refractivity (Wildman–Crippen MR) is 104 cm³/mol. The highest BCUT2D eigenvalue weighted by atomic mass is 19.1. The van der Waals surface area contributed by atoms with Gasteiger partial charge in [-0.25, -0.2) is 9.18 Å². The summed E-state index contributed by atoms with van der Waals surface area (Å²) in [5.74, 6) is -1.44. The summed E-state index contributed by atoms with van der Waals surface area (Å²) < 4.78 is 39.7. The molecular weight excluding hydrogens is 435 g/mol. The van der Waals surface area contributed by atoms with E-state index in [-0.39, 0.29) is 26.2 Å². The molecule has 0 aromatic carbocycles. The first kappa shape index (κ1) is 27.4. The lowest BCUT2D eigenvalue weighted by molar-refractivity contribution is -0.158. The summed E-state index contributed by atoms with van der Waals surface area (Å²) in [6.45, 7) is 0.147. The molecule has 0 radical (unpaired) electrons. The van der Waals surface area contributed by atoms with Crippen LogP contribution in [0.25, 0.3) is 0 Å². The minimum Gasteiger partial charge on any atom is -0.444 e. The number of aliphatic hydroxyl groups excluding tert-OH is 1. The number of aliphatic hydroxyl groups is 1. The lowest BCUT2D eigenvalue weighted by Crippen LogP contribution is -2.53. The van der Waals surface area contributed by atoms with Gasteiger partial charge < -0.3 is 28.8 Å². The Morgan fingerprint density at radius 3 is 2.34 bits per heavy atom. The number of methoxy groups -OCH3 is 2. The first-order valence-electron chi connectivity index (χ1n) is 9.57. The number of hydrogen-bond donors (Lipinski definition) is 1. The van der Waals surface area contributed by atoms with Crippen molar-refractivity contribution in [2.75, 3.05) is 41.4 Å². The number of nitrogens with zero attached hydrogens (tertiary/aromatic N) is 2. The second-order valence-electron chi connectivity index (χ2n) is 7.01. The van der Waals surface area contributed by atoms with E-state index in [1.807, 2.05) is 0 Å². The summed E-state index contributed by atoms with van der Waals surface area (Å²) in [5, 5.41) is 10.2. The molecule has 2 unspecified atom stereocenters. The number of urea groups is 1. The van der Waals surface area contributed by atoms with Gasteiger partial charge in [0.1, 0.15) is 18.5 Å². The molecular formula is C19H29FN2O10. The van der Waals surface area contributed by atoms with Crippen molar-refractivity contribution in [2.24, 2.45) is 0 Å². The summed E-state index contributed by atoms with van der Waals surface area (Å²) >= 11 is 0. The van der Waals surface area contributed by atoms with Gasteiger partial charge in [-0.1, -0.05) is 0 Å². The minimum atomic E-state index is -2.40. The van der Waals surface area contributed by atoms with Crippen molar-refractivity contribution in [1.82, 2.24) is 9.80 Å². The molecule has 1 heterocycles. The second kappa shape index (κ2) is 13.1. The van der Waals surface area contributed by atoms with Crippen LogP contribution in [0.3, 0.4) is 0 Å². The van der Waals surface area contributed by atoms with E-state index in [9.17, 15) is 24.3 Å². The van der Waals surface area contributed by atoms with Gasteiger partial charge in [0.2, 0.25) is 0 Å². The SMILES string of the molecule is COCOC(=O)CCC(=O)OCN(C)C(=O)N(/C=C\C=O)C1OC(COC)[C@@H](O)[C@@]1(C)F. The van der Waals surface area contributed by atoms with Crippen molar-refractivity contribution in [3.63, 3.8) is 0 Å². The first-order valence-corrected chi connectivity index (χ1v) is 9.57. The number of hydrogen-bond acceptors (Lipinski definition) is 10. The summed E-state index contributed by atoms with van der Waals surface area (Å²) in [6.07, 6.45) is -2.48. The Kier molecular flexibility index (Phi) is 11.2. The number of alkyl halides is 1. The second-order valence-corrected chi connectivity index (χ2v) is 7.01. The molecule has 0 saturated carbocycles. The lowest BCUT2D eigenvalue weighted by atomic mass is 9.98. The number of esters is 2. The van der Waals surface area contributed by atoms with Gasteiger partial charge in [0, 0.05) is 27.5 Å². The molecule has 32 heavy (non-hydrogen) atoms. The van der Waals surface area contributed by atoms with Crippen LogP contribution in [-0.4, -0.2) is 105 Å². The third kappa shape index (κ3) is 7.51. The van der Waals surface area contributed by atoms with Crippen LogP contribution in [0, 0.1) is 0 Å². The number of rotatable bonds is 12. The van der Waals surface area contributed by atoms with Gasteiger partial charge in [-0.05, 0) is 13.0 Å². The van der Waals surface area contributed by atoms with E-state index >= 15 is 4.39 Å². The van der Waals surface area contributed by atoms with Gasteiger partial charge in [-0.2, -0.15) is 0 Å². The molecule has 1 N–H and O–H groups in total. The molecule has 0 aliphatic carbocycles. The van der Waals surface area contributed by atoms with Crippen molar-refractivity contribution >= 4 is 24.3 Å². The maximum absolute atomic E-state index is 15.2. The van der Waals surface area contributed by atoms with Crippen molar-refractivity contribution in [3.05, 3.63) is 12.3 Å². The van der Waals surface area contributed by atoms with Crippen LogP contribution < -0.4 is 0 Å². The van der Waals surface area contributed by atoms with E-state index in [4.69, 9.17) is 14.2 Å². The van der Waals surface area contributed by atoms with Crippen LogP contribution in [0.4, 0.5) is 9.18 Å². The van der Waals surface area contributed by atoms with Gasteiger partial charge in [-0.3, -0.25) is 24.2 Å². The van der Waals surface area contributed by atoms with E-state index in [1.165, 1.54) is 21.3 Å².